The van der Waals surface area contributed by atoms with E-state index < -0.39 is 0 Å². The van der Waals surface area contributed by atoms with Crippen molar-refractivity contribution in [3.63, 3.8) is 0 Å². The Bertz CT molecular complexity index is 456. The van der Waals surface area contributed by atoms with Crippen molar-refractivity contribution < 1.29 is 4.74 Å². The number of ether oxygens (including phenoxy) is 1. The van der Waals surface area contributed by atoms with Crippen molar-refractivity contribution in [2.45, 2.75) is 39.3 Å². The minimum Gasteiger partial charge on any atom is -0.373 e. The van der Waals surface area contributed by atoms with Crippen LogP contribution in [0.1, 0.15) is 36.6 Å². The van der Waals surface area contributed by atoms with Gasteiger partial charge in [-0.25, -0.2) is 0 Å². The Morgan fingerprint density at radius 3 is 2.65 bits per heavy atom. The van der Waals surface area contributed by atoms with Crippen molar-refractivity contribution in [2.75, 3.05) is 33.3 Å². The number of rotatable bonds is 4. The fourth-order valence-corrected chi connectivity index (χ4v) is 2.87. The summed E-state index contributed by atoms with van der Waals surface area (Å²) in [4.78, 5) is 2.50. The lowest BCUT2D eigenvalue weighted by atomic mass is 9.99. The lowest BCUT2D eigenvalue weighted by molar-refractivity contribution is -0.0875. The van der Waals surface area contributed by atoms with Gasteiger partial charge in [0.25, 0.3) is 0 Å². The Labute approximate surface area is 123 Å². The van der Waals surface area contributed by atoms with Gasteiger partial charge in [0.05, 0.1) is 12.2 Å². The van der Waals surface area contributed by atoms with Crippen LogP contribution >= 0.6 is 0 Å². The quantitative estimate of drug-likeness (QED) is 0.915. The lowest BCUT2D eigenvalue weighted by Gasteiger charge is -2.39. The van der Waals surface area contributed by atoms with Crippen molar-refractivity contribution in [1.82, 2.24) is 10.2 Å². The molecule has 0 aliphatic carbocycles. The van der Waals surface area contributed by atoms with E-state index in [9.17, 15) is 0 Å². The second-order valence-electron chi connectivity index (χ2n) is 6.53. The van der Waals surface area contributed by atoms with Gasteiger partial charge in [0, 0.05) is 25.7 Å². The van der Waals surface area contributed by atoms with Crippen LogP contribution in [0.3, 0.4) is 0 Å². The predicted octanol–water partition coefficient (Wildman–Crippen LogP) is 2.67. The highest BCUT2D eigenvalue weighted by molar-refractivity contribution is 5.31. The minimum absolute atomic E-state index is 0.0280. The summed E-state index contributed by atoms with van der Waals surface area (Å²) in [6.45, 7) is 12.6. The van der Waals surface area contributed by atoms with Crippen LogP contribution in [-0.4, -0.2) is 43.8 Å². The van der Waals surface area contributed by atoms with E-state index in [-0.39, 0.29) is 5.60 Å². The third-order valence-electron chi connectivity index (χ3n) is 4.23. The molecular weight excluding hydrogens is 248 g/mol. The van der Waals surface area contributed by atoms with E-state index in [0.717, 1.165) is 26.2 Å². The molecule has 1 saturated heterocycles. The summed E-state index contributed by atoms with van der Waals surface area (Å²) in [7, 11) is 2.05. The summed E-state index contributed by atoms with van der Waals surface area (Å²) in [5, 5.41) is 3.46. The molecule has 2 rings (SSSR count). The number of nitrogens with zero attached hydrogens (tertiary/aromatic N) is 1. The van der Waals surface area contributed by atoms with Crippen molar-refractivity contribution in [3.05, 3.63) is 34.9 Å². The molecule has 0 radical (unpaired) electrons. The largest absolute Gasteiger partial charge is 0.373 e. The van der Waals surface area contributed by atoms with E-state index in [2.05, 4.69) is 56.1 Å². The van der Waals surface area contributed by atoms with Gasteiger partial charge in [-0.3, -0.25) is 4.90 Å². The molecule has 1 aromatic carbocycles. The Balaban J connectivity index is 2.06. The van der Waals surface area contributed by atoms with Crippen LogP contribution in [0.4, 0.5) is 0 Å². The van der Waals surface area contributed by atoms with Gasteiger partial charge in [0.1, 0.15) is 0 Å². The second-order valence-corrected chi connectivity index (χ2v) is 6.53. The molecule has 0 aromatic heterocycles. The maximum Gasteiger partial charge on any atom is 0.0753 e. The SMILES string of the molecule is CNC(CN1CCOC(C)(C)C1)c1ccc(C)c(C)c1. The van der Waals surface area contributed by atoms with Crippen LogP contribution in [0.5, 0.6) is 0 Å². The number of likely N-dealkylation sites (N-methyl/N-ethyl adjacent to an activating group) is 1. The third kappa shape index (κ3) is 3.81. The van der Waals surface area contributed by atoms with Crippen molar-refractivity contribution >= 4 is 0 Å². The Morgan fingerprint density at radius 2 is 2.05 bits per heavy atom. The number of hydrogen-bond donors (Lipinski definition) is 1. The summed E-state index contributed by atoms with van der Waals surface area (Å²) in [6, 6.07) is 7.15. The Hall–Kier alpha value is -0.900. The summed E-state index contributed by atoms with van der Waals surface area (Å²) in [6.07, 6.45) is 0. The average Bonchev–Trinajstić information content (AvgIpc) is 2.38. The molecule has 1 aromatic rings. The van der Waals surface area contributed by atoms with Gasteiger partial charge in [-0.05, 0) is 51.4 Å². The van der Waals surface area contributed by atoms with Crippen LogP contribution in [0, 0.1) is 13.8 Å². The van der Waals surface area contributed by atoms with Gasteiger partial charge in [-0.1, -0.05) is 18.2 Å². The summed E-state index contributed by atoms with van der Waals surface area (Å²) in [5.41, 5.74) is 4.07. The van der Waals surface area contributed by atoms with Crippen molar-refractivity contribution in [3.8, 4) is 0 Å². The zero-order valence-electron chi connectivity index (χ0n) is 13.5. The normalized spacial score (nSPS) is 20.9. The van der Waals surface area contributed by atoms with Gasteiger partial charge in [-0.2, -0.15) is 0 Å². The highest BCUT2D eigenvalue weighted by Gasteiger charge is 2.28. The number of morpholine rings is 1. The average molecular weight is 276 g/mol. The number of aryl methyl sites for hydroxylation is 2. The van der Waals surface area contributed by atoms with Gasteiger partial charge >= 0.3 is 0 Å². The number of nitrogens with one attached hydrogen (secondary N) is 1. The zero-order valence-corrected chi connectivity index (χ0v) is 13.5. The molecule has 3 nitrogen and oxygen atoms in total. The molecule has 1 N–H and O–H groups in total. The zero-order chi connectivity index (χ0) is 14.8. The molecule has 1 fully saturated rings. The van der Waals surface area contributed by atoms with Crippen LogP contribution in [-0.2, 0) is 4.74 Å². The molecule has 1 aliphatic heterocycles. The Morgan fingerprint density at radius 1 is 1.30 bits per heavy atom. The highest BCUT2D eigenvalue weighted by Crippen LogP contribution is 2.21. The molecule has 112 valence electrons. The second kappa shape index (κ2) is 6.25. The molecule has 0 spiro atoms. The monoisotopic (exact) mass is 276 g/mol. The molecule has 1 atom stereocenters. The van der Waals surface area contributed by atoms with Gasteiger partial charge in [0.15, 0.2) is 0 Å². The number of benzene rings is 1. The fraction of sp³-hybridized carbons (Fsp3) is 0.647. The fourth-order valence-electron chi connectivity index (χ4n) is 2.87. The van der Waals surface area contributed by atoms with E-state index in [1.54, 1.807) is 0 Å². The summed E-state index contributed by atoms with van der Waals surface area (Å²) < 4.78 is 5.79. The lowest BCUT2D eigenvalue weighted by Crippen LogP contribution is -2.50. The van der Waals surface area contributed by atoms with E-state index >= 15 is 0 Å². The first-order valence-electron chi connectivity index (χ1n) is 7.52. The molecule has 20 heavy (non-hydrogen) atoms. The molecule has 1 unspecified atom stereocenters. The maximum atomic E-state index is 5.79. The molecular formula is C17H28N2O. The van der Waals surface area contributed by atoms with Gasteiger partial charge in [0.2, 0.25) is 0 Å². The smallest absolute Gasteiger partial charge is 0.0753 e. The Kier molecular flexibility index (Phi) is 4.84. The summed E-state index contributed by atoms with van der Waals surface area (Å²) >= 11 is 0. The molecule has 1 aliphatic rings. The summed E-state index contributed by atoms with van der Waals surface area (Å²) in [5.74, 6) is 0. The van der Waals surface area contributed by atoms with E-state index in [0.29, 0.717) is 6.04 Å². The van der Waals surface area contributed by atoms with Crippen LogP contribution < -0.4 is 5.32 Å². The van der Waals surface area contributed by atoms with Crippen LogP contribution in [0.15, 0.2) is 18.2 Å². The standard InChI is InChI=1S/C17H28N2O/c1-13-6-7-15(10-14(13)2)16(18-5)11-19-8-9-20-17(3,4)12-19/h6-7,10,16,18H,8-9,11-12H2,1-5H3. The molecule has 3 heteroatoms. The minimum atomic E-state index is -0.0280. The van der Waals surface area contributed by atoms with Gasteiger partial charge in [-0.15, -0.1) is 0 Å². The first kappa shape index (κ1) is 15.5. The van der Waals surface area contributed by atoms with E-state index in [1.807, 2.05) is 7.05 Å². The molecule has 1 heterocycles. The first-order chi connectivity index (χ1) is 9.41. The van der Waals surface area contributed by atoms with Crippen LogP contribution in [0.2, 0.25) is 0 Å². The van der Waals surface area contributed by atoms with Crippen LogP contribution in [0.25, 0.3) is 0 Å². The highest BCUT2D eigenvalue weighted by atomic mass is 16.5. The van der Waals surface area contributed by atoms with E-state index in [4.69, 9.17) is 4.74 Å². The first-order valence-corrected chi connectivity index (χ1v) is 7.52. The molecule has 0 bridgehead atoms. The van der Waals surface area contributed by atoms with E-state index in [1.165, 1.54) is 16.7 Å². The molecule has 0 saturated carbocycles. The third-order valence-corrected chi connectivity index (χ3v) is 4.23. The van der Waals surface area contributed by atoms with Crippen molar-refractivity contribution in [2.24, 2.45) is 0 Å². The number of hydrogen-bond acceptors (Lipinski definition) is 3. The predicted molar refractivity (Wildman–Crippen MR) is 84.2 cm³/mol. The van der Waals surface area contributed by atoms with Crippen molar-refractivity contribution in [1.29, 1.82) is 0 Å². The van der Waals surface area contributed by atoms with Gasteiger partial charge < -0.3 is 10.1 Å². The molecule has 0 amide bonds. The maximum absolute atomic E-state index is 5.79. The topological polar surface area (TPSA) is 24.5 Å².